The fraction of sp³-hybridized carbons (Fsp3) is 1.00. The van der Waals surface area contributed by atoms with E-state index in [-0.39, 0.29) is 0 Å². The maximum absolute atomic E-state index is 3.74. The molecule has 0 bridgehead atoms. The Balaban J connectivity index is 2.09. The molecule has 1 N–H and O–H groups in total. The quantitative estimate of drug-likeness (QED) is 0.830. The summed E-state index contributed by atoms with van der Waals surface area (Å²) in [6, 6.07) is 2.29. The SMILES string of the molecule is CCC1CN(C2CCC(C)C2C)C(C(C)C)CN1. The molecule has 1 saturated heterocycles. The fourth-order valence-electron chi connectivity index (χ4n) is 3.94. The van der Waals surface area contributed by atoms with Crippen LogP contribution in [0.15, 0.2) is 0 Å². The van der Waals surface area contributed by atoms with Gasteiger partial charge in [-0.3, -0.25) is 4.90 Å². The van der Waals surface area contributed by atoms with Gasteiger partial charge in [-0.05, 0) is 37.0 Å². The van der Waals surface area contributed by atoms with Crippen LogP contribution in [-0.4, -0.2) is 36.1 Å². The summed E-state index contributed by atoms with van der Waals surface area (Å²) in [5.41, 5.74) is 0. The second-order valence-corrected chi connectivity index (χ2v) is 7.00. The first-order valence-corrected chi connectivity index (χ1v) is 8.03. The second-order valence-electron chi connectivity index (χ2n) is 7.00. The third-order valence-corrected chi connectivity index (χ3v) is 5.58. The Morgan fingerprint density at radius 2 is 1.94 bits per heavy atom. The predicted octanol–water partition coefficient (Wildman–Crippen LogP) is 3.13. The first-order valence-electron chi connectivity index (χ1n) is 8.03. The summed E-state index contributed by atoms with van der Waals surface area (Å²) < 4.78 is 0. The summed E-state index contributed by atoms with van der Waals surface area (Å²) in [7, 11) is 0. The Hall–Kier alpha value is -0.0800. The Kier molecular flexibility index (Phi) is 4.71. The average Bonchev–Trinajstić information content (AvgIpc) is 2.69. The molecule has 2 nitrogen and oxygen atoms in total. The Labute approximate surface area is 114 Å². The van der Waals surface area contributed by atoms with Crippen molar-refractivity contribution in [2.75, 3.05) is 13.1 Å². The number of rotatable bonds is 3. The van der Waals surface area contributed by atoms with E-state index in [0.29, 0.717) is 6.04 Å². The van der Waals surface area contributed by atoms with Crippen molar-refractivity contribution in [3.05, 3.63) is 0 Å². The van der Waals surface area contributed by atoms with Crippen LogP contribution in [-0.2, 0) is 0 Å². The predicted molar refractivity (Wildman–Crippen MR) is 78.8 cm³/mol. The molecular formula is C16H32N2. The molecule has 0 aromatic rings. The van der Waals surface area contributed by atoms with Crippen molar-refractivity contribution < 1.29 is 0 Å². The van der Waals surface area contributed by atoms with Gasteiger partial charge in [0.25, 0.3) is 0 Å². The molecule has 2 fully saturated rings. The molecule has 18 heavy (non-hydrogen) atoms. The van der Waals surface area contributed by atoms with Crippen molar-refractivity contribution in [3.63, 3.8) is 0 Å². The van der Waals surface area contributed by atoms with Crippen molar-refractivity contribution in [1.29, 1.82) is 0 Å². The van der Waals surface area contributed by atoms with Crippen LogP contribution >= 0.6 is 0 Å². The van der Waals surface area contributed by atoms with Crippen LogP contribution in [0.1, 0.15) is 53.9 Å². The van der Waals surface area contributed by atoms with Gasteiger partial charge in [-0.2, -0.15) is 0 Å². The van der Waals surface area contributed by atoms with Crippen LogP contribution in [0.3, 0.4) is 0 Å². The van der Waals surface area contributed by atoms with Crippen LogP contribution < -0.4 is 5.32 Å². The van der Waals surface area contributed by atoms with Crippen LogP contribution in [0.2, 0.25) is 0 Å². The van der Waals surface area contributed by atoms with E-state index in [9.17, 15) is 0 Å². The smallest absolute Gasteiger partial charge is 0.0247 e. The summed E-state index contributed by atoms with van der Waals surface area (Å²) in [5, 5.41) is 3.74. The van der Waals surface area contributed by atoms with E-state index in [1.807, 2.05) is 0 Å². The van der Waals surface area contributed by atoms with Gasteiger partial charge in [0.05, 0.1) is 0 Å². The van der Waals surface area contributed by atoms with Gasteiger partial charge in [-0.15, -0.1) is 0 Å². The molecule has 1 aliphatic carbocycles. The van der Waals surface area contributed by atoms with Crippen LogP contribution in [0.25, 0.3) is 0 Å². The molecule has 0 amide bonds. The van der Waals surface area contributed by atoms with E-state index in [4.69, 9.17) is 0 Å². The molecule has 0 aromatic heterocycles. The number of nitrogens with one attached hydrogen (secondary N) is 1. The summed E-state index contributed by atoms with van der Waals surface area (Å²) in [6.07, 6.45) is 4.11. The lowest BCUT2D eigenvalue weighted by Gasteiger charge is -2.47. The van der Waals surface area contributed by atoms with Crippen molar-refractivity contribution in [3.8, 4) is 0 Å². The summed E-state index contributed by atoms with van der Waals surface area (Å²) in [5.74, 6) is 2.55. The van der Waals surface area contributed by atoms with Crippen LogP contribution in [0.5, 0.6) is 0 Å². The lowest BCUT2D eigenvalue weighted by atomic mass is 9.91. The molecule has 0 spiro atoms. The van der Waals surface area contributed by atoms with Gasteiger partial charge in [0.1, 0.15) is 0 Å². The van der Waals surface area contributed by atoms with Gasteiger partial charge in [0.15, 0.2) is 0 Å². The number of hydrogen-bond donors (Lipinski definition) is 1. The zero-order valence-electron chi connectivity index (χ0n) is 12.9. The molecule has 0 radical (unpaired) electrons. The molecule has 5 atom stereocenters. The zero-order valence-corrected chi connectivity index (χ0v) is 12.9. The molecule has 106 valence electrons. The summed E-state index contributed by atoms with van der Waals surface area (Å²) in [4.78, 5) is 2.86. The molecule has 2 heteroatoms. The monoisotopic (exact) mass is 252 g/mol. The highest BCUT2D eigenvalue weighted by atomic mass is 15.3. The second kappa shape index (κ2) is 5.92. The van der Waals surface area contributed by atoms with Crippen molar-refractivity contribution in [2.45, 2.75) is 72.0 Å². The third-order valence-electron chi connectivity index (χ3n) is 5.58. The van der Waals surface area contributed by atoms with E-state index < -0.39 is 0 Å². The van der Waals surface area contributed by atoms with Gasteiger partial charge >= 0.3 is 0 Å². The van der Waals surface area contributed by atoms with E-state index in [0.717, 1.165) is 29.8 Å². The number of hydrogen-bond acceptors (Lipinski definition) is 2. The van der Waals surface area contributed by atoms with Gasteiger partial charge in [0, 0.05) is 31.2 Å². The first-order chi connectivity index (χ1) is 8.54. The lowest BCUT2D eigenvalue weighted by Crippen LogP contribution is -2.61. The molecule has 1 aliphatic heterocycles. The zero-order chi connectivity index (χ0) is 13.3. The van der Waals surface area contributed by atoms with Gasteiger partial charge < -0.3 is 5.32 Å². The van der Waals surface area contributed by atoms with Crippen molar-refractivity contribution in [1.82, 2.24) is 10.2 Å². The molecule has 2 rings (SSSR count). The maximum atomic E-state index is 3.74. The highest BCUT2D eigenvalue weighted by Gasteiger charge is 2.40. The van der Waals surface area contributed by atoms with E-state index in [1.165, 1.54) is 32.4 Å². The van der Waals surface area contributed by atoms with E-state index in [2.05, 4.69) is 44.8 Å². The Morgan fingerprint density at radius 1 is 1.22 bits per heavy atom. The Morgan fingerprint density at radius 3 is 2.44 bits per heavy atom. The van der Waals surface area contributed by atoms with E-state index >= 15 is 0 Å². The minimum absolute atomic E-state index is 0.711. The standard InChI is InChI=1S/C16H32N2/c1-6-14-10-18(16(9-17-14)11(2)3)15-8-7-12(4)13(15)5/h11-17H,6-10H2,1-5H3. The molecule has 2 aliphatic rings. The first kappa shape index (κ1) is 14.3. The molecule has 5 unspecified atom stereocenters. The number of nitrogens with zero attached hydrogens (tertiary/aromatic N) is 1. The maximum Gasteiger partial charge on any atom is 0.0247 e. The van der Waals surface area contributed by atoms with E-state index in [1.54, 1.807) is 0 Å². The highest BCUT2D eigenvalue weighted by molar-refractivity contribution is 4.95. The molecular weight excluding hydrogens is 220 g/mol. The fourth-order valence-corrected chi connectivity index (χ4v) is 3.94. The minimum atomic E-state index is 0.711. The van der Waals surface area contributed by atoms with Crippen molar-refractivity contribution >= 4 is 0 Å². The normalized spacial score (nSPS) is 42.7. The highest BCUT2D eigenvalue weighted by Crippen LogP contribution is 2.37. The molecule has 1 heterocycles. The average molecular weight is 252 g/mol. The number of piperazine rings is 1. The van der Waals surface area contributed by atoms with Crippen LogP contribution in [0, 0.1) is 17.8 Å². The van der Waals surface area contributed by atoms with Gasteiger partial charge in [-0.25, -0.2) is 0 Å². The lowest BCUT2D eigenvalue weighted by molar-refractivity contribution is 0.0377. The summed E-state index contributed by atoms with van der Waals surface area (Å²) in [6.45, 7) is 14.4. The molecule has 0 aromatic carbocycles. The Bertz CT molecular complexity index is 264. The van der Waals surface area contributed by atoms with Crippen LogP contribution in [0.4, 0.5) is 0 Å². The largest absolute Gasteiger partial charge is 0.311 e. The van der Waals surface area contributed by atoms with Gasteiger partial charge in [-0.1, -0.05) is 34.6 Å². The van der Waals surface area contributed by atoms with Gasteiger partial charge in [0.2, 0.25) is 0 Å². The topological polar surface area (TPSA) is 15.3 Å². The third kappa shape index (κ3) is 2.75. The van der Waals surface area contributed by atoms with Crippen molar-refractivity contribution in [2.24, 2.45) is 17.8 Å². The minimum Gasteiger partial charge on any atom is -0.311 e. The summed E-state index contributed by atoms with van der Waals surface area (Å²) >= 11 is 0. The molecule has 1 saturated carbocycles.